The van der Waals surface area contributed by atoms with Crippen LogP contribution < -0.4 is 5.32 Å². The summed E-state index contributed by atoms with van der Waals surface area (Å²) >= 11 is 0. The van der Waals surface area contributed by atoms with E-state index in [2.05, 4.69) is 15.3 Å². The van der Waals surface area contributed by atoms with Gasteiger partial charge in [0.05, 0.1) is 5.69 Å². The second-order valence-electron chi connectivity index (χ2n) is 4.80. The van der Waals surface area contributed by atoms with E-state index in [1.807, 2.05) is 13.8 Å². The number of aromatic nitrogens is 2. The maximum Gasteiger partial charge on any atom is 0.272 e. The van der Waals surface area contributed by atoms with Crippen LogP contribution in [0.2, 0.25) is 0 Å². The SMILES string of the molecule is CCN(CC)C(=O)c1cc(C)nc(Nc2ccccc2F)n1. The third-order valence-corrected chi connectivity index (χ3v) is 3.24. The van der Waals surface area contributed by atoms with Crippen LogP contribution in [0.25, 0.3) is 0 Å². The molecule has 1 amide bonds. The molecule has 0 aliphatic carbocycles. The van der Waals surface area contributed by atoms with Gasteiger partial charge in [0, 0.05) is 18.8 Å². The van der Waals surface area contributed by atoms with Crippen molar-refractivity contribution in [1.82, 2.24) is 14.9 Å². The lowest BCUT2D eigenvalue weighted by molar-refractivity contribution is 0.0767. The van der Waals surface area contributed by atoms with E-state index in [1.165, 1.54) is 6.07 Å². The van der Waals surface area contributed by atoms with Crippen LogP contribution >= 0.6 is 0 Å². The monoisotopic (exact) mass is 302 g/mol. The molecule has 0 spiro atoms. The highest BCUT2D eigenvalue weighted by molar-refractivity contribution is 5.92. The van der Waals surface area contributed by atoms with E-state index >= 15 is 0 Å². The van der Waals surface area contributed by atoms with Crippen molar-refractivity contribution in [3.8, 4) is 0 Å². The molecule has 0 saturated carbocycles. The molecule has 0 unspecified atom stereocenters. The topological polar surface area (TPSA) is 58.1 Å². The van der Waals surface area contributed by atoms with E-state index in [4.69, 9.17) is 0 Å². The van der Waals surface area contributed by atoms with E-state index in [1.54, 1.807) is 36.1 Å². The minimum Gasteiger partial charge on any atom is -0.338 e. The number of amides is 1. The normalized spacial score (nSPS) is 10.4. The summed E-state index contributed by atoms with van der Waals surface area (Å²) in [5.74, 6) is -0.350. The molecule has 116 valence electrons. The second-order valence-corrected chi connectivity index (χ2v) is 4.80. The van der Waals surface area contributed by atoms with Crippen LogP contribution in [0.15, 0.2) is 30.3 Å². The first-order chi connectivity index (χ1) is 10.5. The van der Waals surface area contributed by atoms with Crippen molar-refractivity contribution in [2.45, 2.75) is 20.8 Å². The maximum absolute atomic E-state index is 13.7. The van der Waals surface area contributed by atoms with Gasteiger partial charge in [0.25, 0.3) is 5.91 Å². The van der Waals surface area contributed by atoms with Gasteiger partial charge in [0.1, 0.15) is 11.5 Å². The van der Waals surface area contributed by atoms with Crippen molar-refractivity contribution < 1.29 is 9.18 Å². The van der Waals surface area contributed by atoms with Gasteiger partial charge in [-0.25, -0.2) is 14.4 Å². The Morgan fingerprint density at radius 2 is 1.91 bits per heavy atom. The molecular weight excluding hydrogens is 283 g/mol. The second kappa shape index (κ2) is 6.98. The molecule has 0 atom stereocenters. The number of halogens is 1. The zero-order chi connectivity index (χ0) is 16.1. The standard InChI is InChI=1S/C16H19FN4O/c1-4-21(5-2)15(22)14-10-11(3)18-16(20-14)19-13-9-7-6-8-12(13)17/h6-10H,4-5H2,1-3H3,(H,18,19,20). The Hall–Kier alpha value is -2.50. The van der Waals surface area contributed by atoms with Gasteiger partial charge in [0.15, 0.2) is 0 Å². The van der Waals surface area contributed by atoms with Gasteiger partial charge in [-0.2, -0.15) is 0 Å². The average molecular weight is 302 g/mol. The largest absolute Gasteiger partial charge is 0.338 e. The predicted molar refractivity (Wildman–Crippen MR) is 83.7 cm³/mol. The summed E-state index contributed by atoms with van der Waals surface area (Å²) in [6, 6.07) is 7.89. The Bertz CT molecular complexity index is 671. The Morgan fingerprint density at radius 1 is 1.23 bits per heavy atom. The molecule has 6 heteroatoms. The third kappa shape index (κ3) is 3.58. The van der Waals surface area contributed by atoms with Crippen molar-refractivity contribution in [3.63, 3.8) is 0 Å². The number of aryl methyl sites for hydroxylation is 1. The fourth-order valence-corrected chi connectivity index (χ4v) is 2.09. The molecule has 0 bridgehead atoms. The lowest BCUT2D eigenvalue weighted by Gasteiger charge is -2.18. The number of nitrogens with zero attached hydrogens (tertiary/aromatic N) is 3. The van der Waals surface area contributed by atoms with Crippen molar-refractivity contribution in [1.29, 1.82) is 0 Å². The smallest absolute Gasteiger partial charge is 0.272 e. The number of carbonyl (C=O) groups excluding carboxylic acids is 1. The summed E-state index contributed by atoms with van der Waals surface area (Å²) in [6.07, 6.45) is 0. The van der Waals surface area contributed by atoms with E-state index in [-0.39, 0.29) is 17.5 Å². The molecule has 0 aliphatic rings. The van der Waals surface area contributed by atoms with Crippen LogP contribution in [0.1, 0.15) is 30.0 Å². The number of nitrogens with one attached hydrogen (secondary N) is 1. The van der Waals surface area contributed by atoms with Gasteiger partial charge >= 0.3 is 0 Å². The van der Waals surface area contributed by atoms with Crippen molar-refractivity contribution in [3.05, 3.63) is 47.5 Å². The van der Waals surface area contributed by atoms with Gasteiger partial charge in [-0.15, -0.1) is 0 Å². The zero-order valence-electron chi connectivity index (χ0n) is 12.9. The quantitative estimate of drug-likeness (QED) is 0.921. The number of anilines is 2. The summed E-state index contributed by atoms with van der Waals surface area (Å²) in [5, 5.41) is 2.82. The summed E-state index contributed by atoms with van der Waals surface area (Å²) in [6.45, 7) is 6.80. The van der Waals surface area contributed by atoms with Crippen LogP contribution in [0.5, 0.6) is 0 Å². The highest BCUT2D eigenvalue weighted by Gasteiger charge is 2.16. The lowest BCUT2D eigenvalue weighted by atomic mass is 10.3. The van der Waals surface area contributed by atoms with Crippen LogP contribution in [0, 0.1) is 12.7 Å². The van der Waals surface area contributed by atoms with Crippen molar-refractivity contribution in [2.75, 3.05) is 18.4 Å². The molecule has 0 radical (unpaired) electrons. The number of para-hydroxylation sites is 1. The van der Waals surface area contributed by atoms with Gasteiger partial charge in [-0.3, -0.25) is 4.79 Å². The van der Waals surface area contributed by atoms with Gasteiger partial charge in [0.2, 0.25) is 5.95 Å². The Morgan fingerprint density at radius 3 is 2.55 bits per heavy atom. The van der Waals surface area contributed by atoms with Crippen LogP contribution in [0.3, 0.4) is 0 Å². The molecule has 2 aromatic rings. The van der Waals surface area contributed by atoms with Crippen molar-refractivity contribution >= 4 is 17.5 Å². The summed E-state index contributed by atoms with van der Waals surface area (Å²) in [4.78, 5) is 22.5. The molecule has 0 saturated heterocycles. The van der Waals surface area contributed by atoms with Crippen molar-refractivity contribution in [2.24, 2.45) is 0 Å². The molecule has 1 heterocycles. The van der Waals surface area contributed by atoms with E-state index in [0.717, 1.165) is 0 Å². The number of hydrogen-bond acceptors (Lipinski definition) is 4. The van der Waals surface area contributed by atoms with Crippen LogP contribution in [-0.4, -0.2) is 33.9 Å². The Balaban J connectivity index is 2.31. The molecule has 1 N–H and O–H groups in total. The minimum absolute atomic E-state index is 0.160. The number of rotatable bonds is 5. The summed E-state index contributed by atoms with van der Waals surface area (Å²) in [7, 11) is 0. The van der Waals surface area contributed by atoms with E-state index < -0.39 is 5.82 Å². The predicted octanol–water partition coefficient (Wildman–Crippen LogP) is 3.15. The fraction of sp³-hybridized carbons (Fsp3) is 0.312. The molecule has 0 aliphatic heterocycles. The van der Waals surface area contributed by atoms with Crippen LogP contribution in [0.4, 0.5) is 16.0 Å². The summed E-state index contributed by atoms with van der Waals surface area (Å²) < 4.78 is 13.7. The van der Waals surface area contributed by atoms with Gasteiger partial charge in [-0.1, -0.05) is 12.1 Å². The van der Waals surface area contributed by atoms with E-state index in [0.29, 0.717) is 24.5 Å². The van der Waals surface area contributed by atoms with E-state index in [9.17, 15) is 9.18 Å². The lowest BCUT2D eigenvalue weighted by Crippen LogP contribution is -2.31. The average Bonchev–Trinajstić information content (AvgIpc) is 2.50. The molecule has 2 rings (SSSR count). The first kappa shape index (κ1) is 15.9. The Labute approximate surface area is 129 Å². The fourth-order valence-electron chi connectivity index (χ4n) is 2.09. The molecule has 22 heavy (non-hydrogen) atoms. The first-order valence-corrected chi connectivity index (χ1v) is 7.21. The number of hydrogen-bond donors (Lipinski definition) is 1. The molecule has 1 aromatic heterocycles. The number of carbonyl (C=O) groups is 1. The summed E-state index contributed by atoms with van der Waals surface area (Å²) in [5.41, 5.74) is 1.22. The third-order valence-electron chi connectivity index (χ3n) is 3.24. The highest BCUT2D eigenvalue weighted by atomic mass is 19.1. The zero-order valence-corrected chi connectivity index (χ0v) is 12.9. The molecular formula is C16H19FN4O. The van der Waals surface area contributed by atoms with Gasteiger partial charge < -0.3 is 10.2 Å². The van der Waals surface area contributed by atoms with Crippen LogP contribution in [-0.2, 0) is 0 Å². The minimum atomic E-state index is -0.399. The molecule has 0 fully saturated rings. The van der Waals surface area contributed by atoms with Gasteiger partial charge in [-0.05, 0) is 39.0 Å². The molecule has 5 nitrogen and oxygen atoms in total. The highest BCUT2D eigenvalue weighted by Crippen LogP contribution is 2.17. The maximum atomic E-state index is 13.7. The Kier molecular flexibility index (Phi) is 5.04. The first-order valence-electron chi connectivity index (χ1n) is 7.21. The number of benzene rings is 1. The molecule has 1 aromatic carbocycles.